The van der Waals surface area contributed by atoms with Gasteiger partial charge in [0.1, 0.15) is 0 Å². The minimum absolute atomic E-state index is 0.00860. The molecule has 0 bridgehead atoms. The van der Waals surface area contributed by atoms with Crippen molar-refractivity contribution in [1.29, 1.82) is 0 Å². The Bertz CT molecular complexity index is 1100. The molecule has 0 heterocycles. The zero-order valence-corrected chi connectivity index (χ0v) is 15.5. The van der Waals surface area contributed by atoms with Crippen LogP contribution in [0.15, 0.2) is 91.0 Å². The van der Waals surface area contributed by atoms with Crippen molar-refractivity contribution in [3.05, 3.63) is 102 Å². The zero-order valence-electron chi connectivity index (χ0n) is 15.5. The van der Waals surface area contributed by atoms with Crippen LogP contribution in [-0.4, -0.2) is 13.0 Å². The molecule has 0 spiro atoms. The third-order valence-electron chi connectivity index (χ3n) is 4.92. The van der Waals surface area contributed by atoms with Crippen LogP contribution in [-0.2, 0) is 0 Å². The third-order valence-corrected chi connectivity index (χ3v) is 4.92. The molecular formula is C25H21NO. The smallest absolute Gasteiger partial charge is 0.258 e. The van der Waals surface area contributed by atoms with Gasteiger partial charge in [0, 0.05) is 18.3 Å². The van der Waals surface area contributed by atoms with Gasteiger partial charge in [0.15, 0.2) is 0 Å². The summed E-state index contributed by atoms with van der Waals surface area (Å²) in [6.45, 7) is 2.09. The Morgan fingerprint density at radius 1 is 0.704 bits per heavy atom. The summed E-state index contributed by atoms with van der Waals surface area (Å²) in [4.78, 5) is 14.5. The molecule has 0 aliphatic heterocycles. The zero-order chi connectivity index (χ0) is 18.8. The number of hydrogen-bond donors (Lipinski definition) is 0. The van der Waals surface area contributed by atoms with Crippen molar-refractivity contribution in [1.82, 2.24) is 0 Å². The van der Waals surface area contributed by atoms with Crippen LogP contribution in [0, 0.1) is 6.92 Å². The van der Waals surface area contributed by atoms with Crippen LogP contribution in [0.2, 0.25) is 0 Å². The number of fused-ring (bicyclic) bond motifs is 1. The molecule has 132 valence electrons. The predicted octanol–water partition coefficient (Wildman–Crippen LogP) is 6.09. The molecule has 4 rings (SSSR count). The van der Waals surface area contributed by atoms with Gasteiger partial charge in [-0.25, -0.2) is 0 Å². The highest BCUT2D eigenvalue weighted by molar-refractivity contribution is 6.07. The van der Waals surface area contributed by atoms with E-state index < -0.39 is 0 Å². The van der Waals surface area contributed by atoms with E-state index in [2.05, 4.69) is 49.4 Å². The van der Waals surface area contributed by atoms with Crippen LogP contribution in [0.5, 0.6) is 0 Å². The van der Waals surface area contributed by atoms with Crippen molar-refractivity contribution in [2.45, 2.75) is 6.92 Å². The summed E-state index contributed by atoms with van der Waals surface area (Å²) < 4.78 is 0. The molecule has 2 nitrogen and oxygen atoms in total. The number of aryl methyl sites for hydroxylation is 1. The quantitative estimate of drug-likeness (QED) is 0.437. The fourth-order valence-corrected chi connectivity index (χ4v) is 3.27. The molecular weight excluding hydrogens is 330 g/mol. The van der Waals surface area contributed by atoms with E-state index in [9.17, 15) is 4.79 Å². The van der Waals surface area contributed by atoms with Crippen molar-refractivity contribution in [3.8, 4) is 11.1 Å². The lowest BCUT2D eigenvalue weighted by atomic mass is 9.99. The van der Waals surface area contributed by atoms with E-state index >= 15 is 0 Å². The first-order valence-corrected chi connectivity index (χ1v) is 9.06. The van der Waals surface area contributed by atoms with E-state index in [4.69, 9.17) is 0 Å². The molecule has 4 aromatic rings. The lowest BCUT2D eigenvalue weighted by molar-refractivity contribution is 0.0993. The number of hydrogen-bond acceptors (Lipinski definition) is 1. The normalized spacial score (nSPS) is 10.7. The third kappa shape index (κ3) is 3.47. The molecule has 4 aromatic carbocycles. The number of benzene rings is 4. The fraction of sp³-hybridized carbons (Fsp3) is 0.0800. The molecule has 0 fully saturated rings. The van der Waals surface area contributed by atoms with Crippen molar-refractivity contribution < 1.29 is 4.79 Å². The second-order valence-corrected chi connectivity index (χ2v) is 6.84. The molecule has 27 heavy (non-hydrogen) atoms. The molecule has 0 atom stereocenters. The van der Waals surface area contributed by atoms with Gasteiger partial charge in [-0.3, -0.25) is 4.79 Å². The van der Waals surface area contributed by atoms with Gasteiger partial charge >= 0.3 is 0 Å². The number of carbonyl (C=O) groups is 1. The number of para-hydroxylation sites is 1. The summed E-state index contributed by atoms with van der Waals surface area (Å²) in [5, 5.41) is 2.20. The maximum absolute atomic E-state index is 12.8. The molecule has 0 radical (unpaired) electrons. The maximum atomic E-state index is 12.8. The van der Waals surface area contributed by atoms with Crippen LogP contribution in [0.4, 0.5) is 5.69 Å². The number of nitrogens with zero attached hydrogens (tertiary/aromatic N) is 1. The van der Waals surface area contributed by atoms with Crippen molar-refractivity contribution in [2.75, 3.05) is 11.9 Å². The van der Waals surface area contributed by atoms with Crippen molar-refractivity contribution in [2.24, 2.45) is 0 Å². The second-order valence-electron chi connectivity index (χ2n) is 6.84. The molecule has 0 aromatic heterocycles. The average molecular weight is 351 g/mol. The van der Waals surface area contributed by atoms with Crippen LogP contribution in [0.3, 0.4) is 0 Å². The molecule has 0 N–H and O–H groups in total. The Morgan fingerprint density at radius 2 is 1.33 bits per heavy atom. The van der Waals surface area contributed by atoms with Crippen molar-refractivity contribution >= 4 is 22.4 Å². The minimum atomic E-state index is -0.00860. The second kappa shape index (κ2) is 7.08. The molecule has 2 heteroatoms. The van der Waals surface area contributed by atoms with Crippen LogP contribution >= 0.6 is 0 Å². The minimum Gasteiger partial charge on any atom is -0.311 e. The molecule has 1 amide bonds. The highest BCUT2D eigenvalue weighted by Crippen LogP contribution is 2.26. The summed E-state index contributed by atoms with van der Waals surface area (Å²) in [6, 6.07) is 30.5. The van der Waals surface area contributed by atoms with E-state index in [1.807, 2.05) is 55.6 Å². The number of anilines is 1. The van der Waals surface area contributed by atoms with Gasteiger partial charge < -0.3 is 4.90 Å². The standard InChI is InChI=1S/C25H21NO/c1-18-8-10-19(11-9-18)20-12-13-22-17-23(15-14-21(22)16-20)25(27)26(2)24-6-4-3-5-7-24/h3-17H,1-2H3. The number of carbonyl (C=O) groups excluding carboxylic acids is 1. The van der Waals surface area contributed by atoms with E-state index in [1.165, 1.54) is 16.7 Å². The molecule has 0 saturated heterocycles. The first kappa shape index (κ1) is 17.0. The number of amides is 1. The van der Waals surface area contributed by atoms with Crippen LogP contribution in [0.1, 0.15) is 15.9 Å². The van der Waals surface area contributed by atoms with Gasteiger partial charge in [0.05, 0.1) is 0 Å². The topological polar surface area (TPSA) is 20.3 Å². The Kier molecular flexibility index (Phi) is 4.47. The van der Waals surface area contributed by atoms with Gasteiger partial charge in [-0.2, -0.15) is 0 Å². The highest BCUT2D eigenvalue weighted by atomic mass is 16.2. The summed E-state index contributed by atoms with van der Waals surface area (Å²) >= 11 is 0. The Labute approximate surface area is 159 Å². The summed E-state index contributed by atoms with van der Waals surface area (Å²) in [5.41, 5.74) is 5.22. The number of rotatable bonds is 3. The van der Waals surface area contributed by atoms with E-state index in [0.717, 1.165) is 16.5 Å². The van der Waals surface area contributed by atoms with Gasteiger partial charge in [0.2, 0.25) is 0 Å². The summed E-state index contributed by atoms with van der Waals surface area (Å²) in [7, 11) is 1.81. The lowest BCUT2D eigenvalue weighted by Gasteiger charge is -2.17. The van der Waals surface area contributed by atoms with E-state index in [-0.39, 0.29) is 5.91 Å². The van der Waals surface area contributed by atoms with Crippen LogP contribution in [0.25, 0.3) is 21.9 Å². The molecule has 0 aliphatic rings. The maximum Gasteiger partial charge on any atom is 0.258 e. The molecule has 0 aliphatic carbocycles. The SMILES string of the molecule is Cc1ccc(-c2ccc3cc(C(=O)N(C)c4ccccc4)ccc3c2)cc1. The Hall–Kier alpha value is -3.39. The van der Waals surface area contributed by atoms with Crippen molar-refractivity contribution in [3.63, 3.8) is 0 Å². The summed E-state index contributed by atoms with van der Waals surface area (Å²) in [6.07, 6.45) is 0. The van der Waals surface area contributed by atoms with E-state index in [0.29, 0.717) is 5.56 Å². The largest absolute Gasteiger partial charge is 0.311 e. The van der Waals surface area contributed by atoms with Gasteiger partial charge in [-0.1, -0.05) is 66.2 Å². The Balaban J connectivity index is 1.66. The van der Waals surface area contributed by atoms with Gasteiger partial charge in [0.25, 0.3) is 5.91 Å². The lowest BCUT2D eigenvalue weighted by Crippen LogP contribution is -2.26. The van der Waals surface area contributed by atoms with Gasteiger partial charge in [-0.15, -0.1) is 0 Å². The molecule has 0 saturated carbocycles. The van der Waals surface area contributed by atoms with E-state index in [1.54, 1.807) is 4.90 Å². The monoisotopic (exact) mass is 351 g/mol. The average Bonchev–Trinajstić information content (AvgIpc) is 2.73. The first-order chi connectivity index (χ1) is 13.1. The highest BCUT2D eigenvalue weighted by Gasteiger charge is 2.13. The Morgan fingerprint density at radius 3 is 2.07 bits per heavy atom. The fourth-order valence-electron chi connectivity index (χ4n) is 3.27. The predicted molar refractivity (Wildman–Crippen MR) is 113 cm³/mol. The first-order valence-electron chi connectivity index (χ1n) is 9.06. The summed E-state index contributed by atoms with van der Waals surface area (Å²) in [5.74, 6) is -0.00860. The molecule has 0 unspecified atom stereocenters. The van der Waals surface area contributed by atoms with Crippen LogP contribution < -0.4 is 4.90 Å². The van der Waals surface area contributed by atoms with Gasteiger partial charge in [-0.05, 0) is 59.2 Å².